The third-order valence-corrected chi connectivity index (χ3v) is 5.37. The third kappa shape index (κ3) is 3.63. The lowest BCUT2D eigenvalue weighted by atomic mass is 10.1. The normalized spacial score (nSPS) is 10.9. The lowest BCUT2D eigenvalue weighted by Gasteiger charge is -2.08. The van der Waals surface area contributed by atoms with E-state index in [1.165, 1.54) is 0 Å². The summed E-state index contributed by atoms with van der Waals surface area (Å²) in [6.07, 6.45) is 0. The van der Waals surface area contributed by atoms with Crippen LogP contribution < -0.4 is 0 Å². The van der Waals surface area contributed by atoms with E-state index >= 15 is 0 Å². The summed E-state index contributed by atoms with van der Waals surface area (Å²) in [5.74, 6) is 0. The number of hydrogen-bond donors (Lipinski definition) is 0. The molecule has 0 amide bonds. The highest BCUT2D eigenvalue weighted by atomic mass is 79.9. The molecule has 0 N–H and O–H groups in total. The molecular weight excluding hydrogens is 476 g/mol. The van der Waals surface area contributed by atoms with Crippen molar-refractivity contribution in [3.05, 3.63) is 92.8 Å². The van der Waals surface area contributed by atoms with Crippen molar-refractivity contribution in [3.63, 3.8) is 0 Å². The van der Waals surface area contributed by atoms with E-state index in [9.17, 15) is 0 Å². The molecule has 4 aromatic rings. The van der Waals surface area contributed by atoms with E-state index in [1.807, 2.05) is 53.2 Å². The van der Waals surface area contributed by atoms with Crippen molar-refractivity contribution in [1.82, 2.24) is 9.78 Å². The Morgan fingerprint density at radius 2 is 1.23 bits per heavy atom. The lowest BCUT2D eigenvalue weighted by molar-refractivity contribution is 0.892. The van der Waals surface area contributed by atoms with Crippen LogP contribution in [0, 0.1) is 0 Å². The van der Waals surface area contributed by atoms with E-state index in [1.54, 1.807) is 0 Å². The van der Waals surface area contributed by atoms with Gasteiger partial charge in [-0.25, -0.2) is 4.68 Å². The first-order valence-electron chi connectivity index (χ1n) is 7.98. The summed E-state index contributed by atoms with van der Waals surface area (Å²) in [4.78, 5) is 0. The summed E-state index contributed by atoms with van der Waals surface area (Å²) in [5, 5.41) is 5.56. The van der Waals surface area contributed by atoms with Crippen LogP contribution in [-0.4, -0.2) is 9.78 Å². The first-order valence-corrected chi connectivity index (χ1v) is 9.94. The fourth-order valence-electron chi connectivity index (χ4n) is 2.75. The molecule has 0 unspecified atom stereocenters. The van der Waals surface area contributed by atoms with Crippen LogP contribution in [0.1, 0.15) is 0 Å². The molecule has 0 aliphatic carbocycles. The molecule has 128 valence electrons. The summed E-state index contributed by atoms with van der Waals surface area (Å²) in [5.41, 5.74) is 5.08. The first-order chi connectivity index (χ1) is 12.6. The molecule has 0 aliphatic heterocycles. The highest BCUT2D eigenvalue weighted by molar-refractivity contribution is 9.10. The molecule has 0 aliphatic rings. The Balaban J connectivity index is 1.88. The van der Waals surface area contributed by atoms with Crippen LogP contribution in [-0.2, 0) is 0 Å². The van der Waals surface area contributed by atoms with Gasteiger partial charge in [-0.2, -0.15) is 5.10 Å². The predicted octanol–water partition coefficient (Wildman–Crippen LogP) is 7.38. The van der Waals surface area contributed by atoms with E-state index in [-0.39, 0.29) is 0 Å². The Bertz CT molecular complexity index is 974. The number of aromatic nitrogens is 2. The number of nitrogens with zero attached hydrogens (tertiary/aromatic N) is 2. The maximum atomic E-state index is 6.05. The molecule has 0 atom stereocenters. The molecule has 1 heterocycles. The Morgan fingerprint density at radius 3 is 1.81 bits per heavy atom. The van der Waals surface area contributed by atoms with Gasteiger partial charge < -0.3 is 0 Å². The van der Waals surface area contributed by atoms with Crippen LogP contribution in [0.15, 0.2) is 87.8 Å². The molecule has 0 bridgehead atoms. The summed E-state index contributed by atoms with van der Waals surface area (Å²) in [6, 6.07) is 26.2. The summed E-state index contributed by atoms with van der Waals surface area (Å²) >= 11 is 13.0. The van der Waals surface area contributed by atoms with E-state index in [2.05, 4.69) is 62.2 Å². The standard InChI is InChI=1S/C21H13Br2ClN2/c22-16-5-1-14(2-6-16)20-13-21(15-3-7-17(23)8-4-15)26(25-20)19-11-9-18(24)10-12-19/h1-13H. The maximum Gasteiger partial charge on any atom is 0.0934 e. The van der Waals surface area contributed by atoms with Gasteiger partial charge in [-0.1, -0.05) is 67.7 Å². The number of benzene rings is 3. The van der Waals surface area contributed by atoms with Gasteiger partial charge in [-0.3, -0.25) is 0 Å². The van der Waals surface area contributed by atoms with Crippen molar-refractivity contribution in [3.8, 4) is 28.2 Å². The second kappa shape index (κ2) is 7.39. The minimum absolute atomic E-state index is 0.708. The van der Waals surface area contributed by atoms with Crippen LogP contribution in [0.2, 0.25) is 5.02 Å². The topological polar surface area (TPSA) is 17.8 Å². The van der Waals surface area contributed by atoms with Gasteiger partial charge in [0, 0.05) is 25.1 Å². The van der Waals surface area contributed by atoms with Gasteiger partial charge >= 0.3 is 0 Å². The third-order valence-electron chi connectivity index (χ3n) is 4.06. The monoisotopic (exact) mass is 486 g/mol. The van der Waals surface area contributed by atoms with Gasteiger partial charge in [0.2, 0.25) is 0 Å². The summed E-state index contributed by atoms with van der Waals surface area (Å²) < 4.78 is 4.05. The summed E-state index contributed by atoms with van der Waals surface area (Å²) in [7, 11) is 0. The van der Waals surface area contributed by atoms with Crippen molar-refractivity contribution in [2.24, 2.45) is 0 Å². The van der Waals surface area contributed by atoms with Gasteiger partial charge in [0.05, 0.1) is 17.1 Å². The number of hydrogen-bond acceptors (Lipinski definition) is 1. The molecule has 0 spiro atoms. The van der Waals surface area contributed by atoms with Gasteiger partial charge in [0.25, 0.3) is 0 Å². The minimum Gasteiger partial charge on any atom is -0.232 e. The van der Waals surface area contributed by atoms with E-state index in [0.717, 1.165) is 37.1 Å². The average Bonchev–Trinajstić information content (AvgIpc) is 3.09. The maximum absolute atomic E-state index is 6.05. The molecule has 0 saturated carbocycles. The fourth-order valence-corrected chi connectivity index (χ4v) is 3.40. The second-order valence-electron chi connectivity index (χ2n) is 5.82. The van der Waals surface area contributed by atoms with Crippen molar-refractivity contribution >= 4 is 43.5 Å². The van der Waals surface area contributed by atoms with E-state index < -0.39 is 0 Å². The van der Waals surface area contributed by atoms with E-state index in [0.29, 0.717) is 5.02 Å². The quantitative estimate of drug-likeness (QED) is 0.294. The van der Waals surface area contributed by atoms with Crippen LogP contribution in [0.5, 0.6) is 0 Å². The Hall–Kier alpha value is -1.88. The molecule has 4 rings (SSSR count). The lowest BCUT2D eigenvalue weighted by Crippen LogP contribution is -1.99. The van der Waals surface area contributed by atoms with Crippen LogP contribution >= 0.6 is 43.5 Å². The highest BCUT2D eigenvalue weighted by Gasteiger charge is 2.13. The van der Waals surface area contributed by atoms with Gasteiger partial charge in [0.15, 0.2) is 0 Å². The SMILES string of the molecule is Clc1ccc(-n2nc(-c3ccc(Br)cc3)cc2-c2ccc(Br)cc2)cc1. The van der Waals surface area contributed by atoms with Crippen LogP contribution in [0.3, 0.4) is 0 Å². The van der Waals surface area contributed by atoms with E-state index in [4.69, 9.17) is 16.7 Å². The smallest absolute Gasteiger partial charge is 0.0934 e. The molecule has 0 fully saturated rings. The molecule has 0 saturated heterocycles. The average molecular weight is 489 g/mol. The Kier molecular flexibility index (Phi) is 4.98. The molecule has 3 aromatic carbocycles. The van der Waals surface area contributed by atoms with Crippen LogP contribution in [0.4, 0.5) is 0 Å². The predicted molar refractivity (Wildman–Crippen MR) is 115 cm³/mol. The highest BCUT2D eigenvalue weighted by Crippen LogP contribution is 2.30. The van der Waals surface area contributed by atoms with Gasteiger partial charge in [-0.05, 0) is 54.6 Å². The molecule has 1 aromatic heterocycles. The Morgan fingerprint density at radius 1 is 0.692 bits per heavy atom. The first kappa shape index (κ1) is 17.5. The van der Waals surface area contributed by atoms with Crippen molar-refractivity contribution in [1.29, 1.82) is 0 Å². The minimum atomic E-state index is 0.708. The van der Waals surface area contributed by atoms with Gasteiger partial charge in [-0.15, -0.1) is 0 Å². The Labute approximate surface area is 173 Å². The number of rotatable bonds is 3. The number of halogens is 3. The zero-order valence-corrected chi connectivity index (χ0v) is 17.5. The molecule has 5 heteroatoms. The largest absolute Gasteiger partial charge is 0.232 e. The van der Waals surface area contributed by atoms with Crippen molar-refractivity contribution in [2.75, 3.05) is 0 Å². The summed E-state index contributed by atoms with van der Waals surface area (Å²) in [6.45, 7) is 0. The molecular formula is C21H13Br2ClN2. The molecule has 26 heavy (non-hydrogen) atoms. The molecule has 2 nitrogen and oxygen atoms in total. The second-order valence-corrected chi connectivity index (χ2v) is 8.08. The molecule has 0 radical (unpaired) electrons. The zero-order valence-electron chi connectivity index (χ0n) is 13.5. The van der Waals surface area contributed by atoms with Crippen molar-refractivity contribution in [2.45, 2.75) is 0 Å². The van der Waals surface area contributed by atoms with Gasteiger partial charge in [0.1, 0.15) is 0 Å². The van der Waals surface area contributed by atoms with Crippen LogP contribution in [0.25, 0.3) is 28.2 Å². The fraction of sp³-hybridized carbons (Fsp3) is 0. The zero-order chi connectivity index (χ0) is 18.1. The van der Waals surface area contributed by atoms with Crippen molar-refractivity contribution < 1.29 is 0 Å².